The minimum absolute atomic E-state index is 0.0365. The maximum absolute atomic E-state index is 13.3. The number of nitrogens with one attached hydrogen (secondary N) is 1. The molecule has 1 fully saturated rings. The minimum Gasteiger partial charge on any atom is -0.439 e. The lowest BCUT2D eigenvalue weighted by Crippen LogP contribution is -2.45. The Bertz CT molecular complexity index is 1120. The number of rotatable bonds is 6. The third kappa shape index (κ3) is 5.94. The molecule has 1 saturated heterocycles. The number of aromatic nitrogens is 1. The van der Waals surface area contributed by atoms with E-state index >= 15 is 0 Å². The van der Waals surface area contributed by atoms with Gasteiger partial charge in [0.05, 0.1) is 5.92 Å². The summed E-state index contributed by atoms with van der Waals surface area (Å²) in [4.78, 5) is 31.5. The van der Waals surface area contributed by atoms with Gasteiger partial charge in [-0.15, -0.1) is 0 Å². The number of hydrogen-bond donors (Lipinski definition) is 1. The van der Waals surface area contributed by atoms with Crippen molar-refractivity contribution in [2.45, 2.75) is 26.3 Å². The Balaban J connectivity index is 1.29. The highest BCUT2D eigenvalue weighted by Gasteiger charge is 2.28. The molecule has 3 aromatic rings. The van der Waals surface area contributed by atoms with Gasteiger partial charge in [0.2, 0.25) is 11.8 Å². The third-order valence-corrected chi connectivity index (χ3v) is 5.66. The van der Waals surface area contributed by atoms with Crippen molar-refractivity contribution in [3.05, 3.63) is 89.4 Å². The second-order valence-electron chi connectivity index (χ2n) is 8.24. The average Bonchev–Trinajstić information content (AvgIpc) is 2.83. The summed E-state index contributed by atoms with van der Waals surface area (Å²) in [5.41, 5.74) is 2.57. The van der Waals surface area contributed by atoms with E-state index in [1.54, 1.807) is 35.4 Å². The molecule has 0 bridgehead atoms. The molecule has 7 heteroatoms. The van der Waals surface area contributed by atoms with E-state index in [2.05, 4.69) is 10.3 Å². The molecule has 4 rings (SSSR count). The molecule has 0 spiro atoms. The number of carbonyl (C=O) groups excluding carboxylic acids is 2. The van der Waals surface area contributed by atoms with E-state index < -0.39 is 0 Å². The Morgan fingerprint density at radius 3 is 2.70 bits per heavy atom. The molecule has 33 heavy (non-hydrogen) atoms. The molecule has 1 N–H and O–H groups in total. The lowest BCUT2D eigenvalue weighted by atomic mass is 9.96. The van der Waals surface area contributed by atoms with E-state index in [1.807, 2.05) is 31.2 Å². The molecule has 1 aromatic heterocycles. The molecule has 1 unspecified atom stereocenters. The first-order valence-corrected chi connectivity index (χ1v) is 11.0. The van der Waals surface area contributed by atoms with E-state index in [0.29, 0.717) is 36.8 Å². The maximum Gasteiger partial charge on any atom is 0.253 e. The van der Waals surface area contributed by atoms with Crippen LogP contribution in [0.1, 0.15) is 34.3 Å². The summed E-state index contributed by atoms with van der Waals surface area (Å²) in [5.74, 6) is -0.0220. The predicted molar refractivity (Wildman–Crippen MR) is 122 cm³/mol. The van der Waals surface area contributed by atoms with Gasteiger partial charge in [-0.3, -0.25) is 9.59 Å². The quantitative estimate of drug-likeness (QED) is 0.604. The number of benzene rings is 2. The summed E-state index contributed by atoms with van der Waals surface area (Å²) in [7, 11) is 0. The van der Waals surface area contributed by atoms with E-state index in [0.717, 1.165) is 24.0 Å². The Morgan fingerprint density at radius 1 is 1.15 bits per heavy atom. The van der Waals surface area contributed by atoms with Crippen LogP contribution in [0.25, 0.3) is 0 Å². The zero-order valence-electron chi connectivity index (χ0n) is 18.5. The van der Waals surface area contributed by atoms with Crippen LogP contribution in [0.2, 0.25) is 0 Å². The van der Waals surface area contributed by atoms with Gasteiger partial charge in [-0.25, -0.2) is 9.37 Å². The lowest BCUT2D eigenvalue weighted by molar-refractivity contribution is -0.126. The van der Waals surface area contributed by atoms with Crippen LogP contribution in [-0.4, -0.2) is 34.8 Å². The zero-order chi connectivity index (χ0) is 23.2. The molecule has 0 saturated carbocycles. The smallest absolute Gasteiger partial charge is 0.253 e. The van der Waals surface area contributed by atoms with Crippen molar-refractivity contribution in [2.75, 3.05) is 13.1 Å². The topological polar surface area (TPSA) is 71.5 Å². The minimum atomic E-state index is -0.381. The molecule has 2 heterocycles. The maximum atomic E-state index is 13.3. The van der Waals surface area contributed by atoms with Gasteiger partial charge in [0, 0.05) is 43.5 Å². The molecule has 6 nitrogen and oxygen atoms in total. The van der Waals surface area contributed by atoms with E-state index in [4.69, 9.17) is 4.74 Å². The SMILES string of the molecule is Cc1ccc(C(=O)N2CCCC(C(=O)NCc3ccc(Oc4cccc(F)c4)nc3)C2)cc1. The van der Waals surface area contributed by atoms with Crippen LogP contribution in [0.15, 0.2) is 66.9 Å². The second-order valence-corrected chi connectivity index (χ2v) is 8.24. The number of amides is 2. The number of aryl methyl sites for hydroxylation is 1. The molecule has 2 amide bonds. The normalized spacial score (nSPS) is 15.7. The Morgan fingerprint density at radius 2 is 1.97 bits per heavy atom. The van der Waals surface area contributed by atoms with Crippen molar-refractivity contribution >= 4 is 11.8 Å². The Hall–Kier alpha value is -3.74. The summed E-state index contributed by atoms with van der Waals surface area (Å²) >= 11 is 0. The van der Waals surface area contributed by atoms with Gasteiger partial charge < -0.3 is 15.0 Å². The number of ether oxygens (including phenoxy) is 1. The fourth-order valence-corrected chi connectivity index (χ4v) is 3.81. The summed E-state index contributed by atoms with van der Waals surface area (Å²) in [5, 5.41) is 2.94. The highest BCUT2D eigenvalue weighted by atomic mass is 19.1. The Kier molecular flexibility index (Phi) is 6.98. The fraction of sp³-hybridized carbons (Fsp3) is 0.269. The first-order valence-electron chi connectivity index (χ1n) is 11.0. The van der Waals surface area contributed by atoms with Gasteiger partial charge in [0.1, 0.15) is 11.6 Å². The van der Waals surface area contributed by atoms with Crippen LogP contribution in [0, 0.1) is 18.7 Å². The van der Waals surface area contributed by atoms with Gasteiger partial charge in [0.25, 0.3) is 5.91 Å². The molecule has 1 aliphatic rings. The van der Waals surface area contributed by atoms with E-state index in [-0.39, 0.29) is 23.5 Å². The van der Waals surface area contributed by atoms with Crippen LogP contribution >= 0.6 is 0 Å². The first-order chi connectivity index (χ1) is 16.0. The predicted octanol–water partition coefficient (Wildman–Crippen LogP) is 4.49. The fourth-order valence-electron chi connectivity index (χ4n) is 3.81. The van der Waals surface area contributed by atoms with Crippen molar-refractivity contribution in [1.82, 2.24) is 15.2 Å². The molecule has 0 aliphatic carbocycles. The van der Waals surface area contributed by atoms with Gasteiger partial charge in [0.15, 0.2) is 0 Å². The summed E-state index contributed by atoms with van der Waals surface area (Å²) in [6, 6.07) is 16.8. The number of hydrogen-bond acceptors (Lipinski definition) is 4. The van der Waals surface area contributed by atoms with E-state index in [1.165, 1.54) is 12.1 Å². The second kappa shape index (κ2) is 10.3. The molecule has 170 valence electrons. The number of carbonyl (C=O) groups is 2. The number of pyridine rings is 1. The Labute approximate surface area is 192 Å². The molecule has 2 aromatic carbocycles. The van der Waals surface area contributed by atoms with Gasteiger partial charge in [-0.05, 0) is 49.6 Å². The van der Waals surface area contributed by atoms with Crippen LogP contribution in [0.5, 0.6) is 11.6 Å². The molecule has 0 radical (unpaired) electrons. The van der Waals surface area contributed by atoms with Crippen LogP contribution in [0.4, 0.5) is 4.39 Å². The molecule has 1 aliphatic heterocycles. The molecular formula is C26H26FN3O3. The largest absolute Gasteiger partial charge is 0.439 e. The zero-order valence-corrected chi connectivity index (χ0v) is 18.5. The van der Waals surface area contributed by atoms with Crippen molar-refractivity contribution in [2.24, 2.45) is 5.92 Å². The van der Waals surface area contributed by atoms with Crippen LogP contribution < -0.4 is 10.1 Å². The highest BCUT2D eigenvalue weighted by molar-refractivity contribution is 5.94. The average molecular weight is 448 g/mol. The van der Waals surface area contributed by atoms with Crippen molar-refractivity contribution in [3.63, 3.8) is 0 Å². The van der Waals surface area contributed by atoms with Gasteiger partial charge in [-0.2, -0.15) is 0 Å². The first kappa shape index (κ1) is 22.5. The monoisotopic (exact) mass is 447 g/mol. The van der Waals surface area contributed by atoms with Gasteiger partial charge >= 0.3 is 0 Å². The number of likely N-dealkylation sites (tertiary alicyclic amines) is 1. The summed E-state index contributed by atoms with van der Waals surface area (Å²) in [6.07, 6.45) is 3.16. The summed E-state index contributed by atoms with van der Waals surface area (Å²) in [6.45, 7) is 3.38. The highest BCUT2D eigenvalue weighted by Crippen LogP contribution is 2.21. The molecule has 1 atom stereocenters. The van der Waals surface area contributed by atoms with Crippen LogP contribution in [0.3, 0.4) is 0 Å². The number of nitrogens with zero attached hydrogens (tertiary/aromatic N) is 2. The summed E-state index contributed by atoms with van der Waals surface area (Å²) < 4.78 is 18.8. The van der Waals surface area contributed by atoms with Crippen molar-refractivity contribution in [3.8, 4) is 11.6 Å². The van der Waals surface area contributed by atoms with Crippen molar-refractivity contribution in [1.29, 1.82) is 0 Å². The third-order valence-electron chi connectivity index (χ3n) is 5.66. The lowest BCUT2D eigenvalue weighted by Gasteiger charge is -2.32. The van der Waals surface area contributed by atoms with E-state index in [9.17, 15) is 14.0 Å². The number of piperidine rings is 1. The van der Waals surface area contributed by atoms with Crippen LogP contribution in [-0.2, 0) is 11.3 Å². The van der Waals surface area contributed by atoms with Gasteiger partial charge in [-0.1, -0.05) is 29.8 Å². The molecular weight excluding hydrogens is 421 g/mol. The standard InChI is InChI=1S/C26H26FN3O3/c1-18-7-10-20(11-8-18)26(32)30-13-3-4-21(17-30)25(31)29-16-19-9-12-24(28-15-19)33-23-6-2-5-22(27)14-23/h2,5-12,14-15,21H,3-4,13,16-17H2,1H3,(H,29,31). The van der Waals surface area contributed by atoms with Crippen molar-refractivity contribution < 1.29 is 18.7 Å². The number of halogens is 1.